The van der Waals surface area contributed by atoms with Crippen LogP contribution in [0, 0.1) is 0 Å². The van der Waals surface area contributed by atoms with Crippen LogP contribution >= 0.6 is 11.6 Å². The first kappa shape index (κ1) is 9.99. The maximum absolute atomic E-state index is 5.99. The fraction of sp³-hybridized carbons (Fsp3) is 0.0833. The van der Waals surface area contributed by atoms with Crippen molar-refractivity contribution in [2.45, 2.75) is 0 Å². The van der Waals surface area contributed by atoms with Crippen LogP contribution in [0.5, 0.6) is 5.75 Å². The Balaban J connectivity index is 2.58. The Morgan fingerprint density at radius 3 is 2.53 bits per heavy atom. The summed E-state index contributed by atoms with van der Waals surface area (Å²) in [7, 11) is 1.60. The third-order valence-corrected chi connectivity index (χ3v) is 2.41. The highest BCUT2D eigenvalue weighted by atomic mass is 35.5. The Kier molecular flexibility index (Phi) is 2.88. The Labute approximate surface area is 93.5 Å². The molecule has 1 aromatic heterocycles. The molecule has 0 aliphatic heterocycles. The molecule has 2 nitrogen and oxygen atoms in total. The predicted molar refractivity (Wildman–Crippen MR) is 61.2 cm³/mol. The molecule has 0 aliphatic carbocycles. The summed E-state index contributed by atoms with van der Waals surface area (Å²) in [5.74, 6) is 0.665. The summed E-state index contributed by atoms with van der Waals surface area (Å²) in [4.78, 5) is 4.06. The van der Waals surface area contributed by atoms with Crippen LogP contribution in [-0.2, 0) is 0 Å². The molecule has 0 amide bonds. The van der Waals surface area contributed by atoms with Gasteiger partial charge in [-0.1, -0.05) is 41.9 Å². The second-order valence-electron chi connectivity index (χ2n) is 3.07. The molecule has 0 fully saturated rings. The van der Waals surface area contributed by atoms with E-state index in [4.69, 9.17) is 16.3 Å². The summed E-state index contributed by atoms with van der Waals surface area (Å²) in [5, 5.41) is 0.527. The minimum absolute atomic E-state index is 0.527. The SMILES string of the molecule is COc1c(Cl)cncc1-c1ccccc1. The number of benzene rings is 1. The zero-order valence-electron chi connectivity index (χ0n) is 8.27. The van der Waals surface area contributed by atoms with Crippen LogP contribution in [0.2, 0.25) is 5.02 Å². The third kappa shape index (κ3) is 1.95. The first-order valence-corrected chi connectivity index (χ1v) is 4.93. The van der Waals surface area contributed by atoms with E-state index in [9.17, 15) is 0 Å². The van der Waals surface area contributed by atoms with Gasteiger partial charge in [-0.2, -0.15) is 0 Å². The Hall–Kier alpha value is -1.54. The van der Waals surface area contributed by atoms with Crippen molar-refractivity contribution in [2.75, 3.05) is 7.11 Å². The summed E-state index contributed by atoms with van der Waals surface area (Å²) in [6, 6.07) is 9.89. The van der Waals surface area contributed by atoms with E-state index in [0.29, 0.717) is 10.8 Å². The number of rotatable bonds is 2. The molecule has 0 radical (unpaired) electrons. The molecule has 15 heavy (non-hydrogen) atoms. The average Bonchev–Trinajstić information content (AvgIpc) is 2.30. The predicted octanol–water partition coefficient (Wildman–Crippen LogP) is 3.41. The van der Waals surface area contributed by atoms with Crippen molar-refractivity contribution < 1.29 is 4.74 Å². The van der Waals surface area contributed by atoms with Gasteiger partial charge >= 0.3 is 0 Å². The number of pyridine rings is 1. The minimum Gasteiger partial charge on any atom is -0.494 e. The van der Waals surface area contributed by atoms with Crippen molar-refractivity contribution in [3.63, 3.8) is 0 Å². The monoisotopic (exact) mass is 219 g/mol. The number of halogens is 1. The largest absolute Gasteiger partial charge is 0.494 e. The third-order valence-electron chi connectivity index (χ3n) is 2.14. The van der Waals surface area contributed by atoms with E-state index in [-0.39, 0.29) is 0 Å². The zero-order chi connectivity index (χ0) is 10.7. The van der Waals surface area contributed by atoms with Gasteiger partial charge in [0.05, 0.1) is 7.11 Å². The number of aromatic nitrogens is 1. The zero-order valence-corrected chi connectivity index (χ0v) is 9.03. The summed E-state index contributed by atoms with van der Waals surface area (Å²) < 4.78 is 5.26. The van der Waals surface area contributed by atoms with Crippen LogP contribution < -0.4 is 4.74 Å². The van der Waals surface area contributed by atoms with Gasteiger partial charge in [0.25, 0.3) is 0 Å². The smallest absolute Gasteiger partial charge is 0.148 e. The van der Waals surface area contributed by atoms with Crippen LogP contribution in [-0.4, -0.2) is 12.1 Å². The van der Waals surface area contributed by atoms with Crippen LogP contribution in [0.25, 0.3) is 11.1 Å². The topological polar surface area (TPSA) is 22.1 Å². The Morgan fingerprint density at radius 2 is 1.87 bits per heavy atom. The minimum atomic E-state index is 0.527. The number of ether oxygens (including phenoxy) is 1. The molecule has 76 valence electrons. The second-order valence-corrected chi connectivity index (χ2v) is 3.48. The standard InChI is InChI=1S/C12H10ClNO/c1-15-12-10(7-14-8-11(12)13)9-5-3-2-4-6-9/h2-8H,1H3. The van der Waals surface area contributed by atoms with Crippen molar-refractivity contribution in [2.24, 2.45) is 0 Å². The lowest BCUT2D eigenvalue weighted by atomic mass is 10.1. The Bertz CT molecular complexity index is 456. The molecule has 0 N–H and O–H groups in total. The van der Waals surface area contributed by atoms with Gasteiger partial charge in [0.2, 0.25) is 0 Å². The van der Waals surface area contributed by atoms with Crippen LogP contribution in [0.1, 0.15) is 0 Å². The lowest BCUT2D eigenvalue weighted by molar-refractivity contribution is 0.416. The molecular weight excluding hydrogens is 210 g/mol. The van der Waals surface area contributed by atoms with E-state index < -0.39 is 0 Å². The van der Waals surface area contributed by atoms with Crippen molar-refractivity contribution in [1.29, 1.82) is 0 Å². The van der Waals surface area contributed by atoms with E-state index in [1.54, 1.807) is 19.5 Å². The summed E-state index contributed by atoms with van der Waals surface area (Å²) in [6.07, 6.45) is 3.33. The van der Waals surface area contributed by atoms with Gasteiger partial charge in [0.15, 0.2) is 0 Å². The van der Waals surface area contributed by atoms with Crippen LogP contribution in [0.15, 0.2) is 42.7 Å². The van der Waals surface area contributed by atoms with Gasteiger partial charge in [0, 0.05) is 18.0 Å². The van der Waals surface area contributed by atoms with E-state index in [1.165, 1.54) is 0 Å². The maximum atomic E-state index is 5.99. The van der Waals surface area contributed by atoms with Crippen molar-refractivity contribution >= 4 is 11.6 Å². The summed E-state index contributed by atoms with van der Waals surface area (Å²) in [6.45, 7) is 0. The quantitative estimate of drug-likeness (QED) is 0.772. The van der Waals surface area contributed by atoms with Gasteiger partial charge in [-0.15, -0.1) is 0 Å². The lowest BCUT2D eigenvalue weighted by Crippen LogP contribution is -1.90. The van der Waals surface area contributed by atoms with Crippen molar-refractivity contribution in [1.82, 2.24) is 4.98 Å². The highest BCUT2D eigenvalue weighted by Gasteiger charge is 2.09. The first-order chi connectivity index (χ1) is 7.33. The fourth-order valence-electron chi connectivity index (χ4n) is 1.45. The van der Waals surface area contributed by atoms with Crippen molar-refractivity contribution in [3.8, 4) is 16.9 Å². The highest BCUT2D eigenvalue weighted by molar-refractivity contribution is 6.32. The van der Waals surface area contributed by atoms with E-state index in [1.807, 2.05) is 30.3 Å². The van der Waals surface area contributed by atoms with E-state index in [2.05, 4.69) is 4.98 Å². The first-order valence-electron chi connectivity index (χ1n) is 4.56. The van der Waals surface area contributed by atoms with Gasteiger partial charge in [0.1, 0.15) is 10.8 Å². The molecule has 0 bridgehead atoms. The Morgan fingerprint density at radius 1 is 1.13 bits per heavy atom. The molecule has 0 aliphatic rings. The summed E-state index contributed by atoms with van der Waals surface area (Å²) in [5.41, 5.74) is 1.95. The lowest BCUT2D eigenvalue weighted by Gasteiger charge is -2.09. The molecule has 0 spiro atoms. The average molecular weight is 220 g/mol. The van der Waals surface area contributed by atoms with Crippen LogP contribution in [0.3, 0.4) is 0 Å². The molecule has 0 saturated carbocycles. The highest BCUT2D eigenvalue weighted by Crippen LogP contribution is 2.34. The molecular formula is C12H10ClNO. The molecule has 1 aromatic carbocycles. The van der Waals surface area contributed by atoms with Crippen molar-refractivity contribution in [3.05, 3.63) is 47.7 Å². The molecule has 2 aromatic rings. The van der Waals surface area contributed by atoms with Gasteiger partial charge in [-0.3, -0.25) is 4.98 Å². The maximum Gasteiger partial charge on any atom is 0.148 e. The molecule has 0 unspecified atom stereocenters. The molecule has 0 saturated heterocycles. The number of hydrogen-bond donors (Lipinski definition) is 0. The number of nitrogens with zero attached hydrogens (tertiary/aromatic N) is 1. The number of methoxy groups -OCH3 is 1. The van der Waals surface area contributed by atoms with E-state index >= 15 is 0 Å². The molecule has 0 atom stereocenters. The normalized spacial score (nSPS) is 10.0. The molecule has 3 heteroatoms. The van der Waals surface area contributed by atoms with Gasteiger partial charge in [-0.05, 0) is 5.56 Å². The summed E-state index contributed by atoms with van der Waals surface area (Å²) >= 11 is 5.99. The van der Waals surface area contributed by atoms with Crippen LogP contribution in [0.4, 0.5) is 0 Å². The fourth-order valence-corrected chi connectivity index (χ4v) is 1.69. The molecule has 2 rings (SSSR count). The van der Waals surface area contributed by atoms with Gasteiger partial charge < -0.3 is 4.74 Å². The number of hydrogen-bond acceptors (Lipinski definition) is 2. The van der Waals surface area contributed by atoms with Gasteiger partial charge in [-0.25, -0.2) is 0 Å². The second kappa shape index (κ2) is 4.32. The van der Waals surface area contributed by atoms with E-state index in [0.717, 1.165) is 11.1 Å². The molecule has 1 heterocycles.